The number of hydrogen-bond acceptors (Lipinski definition) is 5. The molecule has 6 heterocycles. The highest BCUT2D eigenvalue weighted by molar-refractivity contribution is 7.09. The minimum absolute atomic E-state index is 0.0115. The Morgan fingerprint density at radius 2 is 2.23 bits per heavy atom. The van der Waals surface area contributed by atoms with Crippen LogP contribution in [0.4, 0.5) is 0 Å². The van der Waals surface area contributed by atoms with Crippen LogP contribution in [0.2, 0.25) is 0 Å². The summed E-state index contributed by atoms with van der Waals surface area (Å²) >= 11 is 1.69. The molecule has 2 aromatic heterocycles. The van der Waals surface area contributed by atoms with E-state index < -0.39 is 0 Å². The van der Waals surface area contributed by atoms with Gasteiger partial charge in [-0.25, -0.2) is 9.97 Å². The van der Waals surface area contributed by atoms with Crippen molar-refractivity contribution in [1.29, 1.82) is 0 Å². The number of aryl methyl sites for hydroxylation is 1. The fraction of sp³-hybridized carbons (Fsp3) is 0.529. The van der Waals surface area contributed by atoms with E-state index in [0.717, 1.165) is 35.1 Å². The molecule has 0 aromatic carbocycles. The lowest BCUT2D eigenvalue weighted by atomic mass is 9.73. The molecule has 4 aliphatic heterocycles. The second-order valence-corrected chi connectivity index (χ2v) is 7.90. The van der Waals surface area contributed by atoms with E-state index >= 15 is 0 Å². The van der Waals surface area contributed by atoms with Gasteiger partial charge in [0.05, 0.1) is 10.7 Å². The van der Waals surface area contributed by atoms with E-state index in [1.165, 1.54) is 31.5 Å². The van der Waals surface area contributed by atoms with Crippen molar-refractivity contribution in [3.63, 3.8) is 0 Å². The lowest BCUT2D eigenvalue weighted by molar-refractivity contribution is -0.0814. The maximum absolute atomic E-state index is 6.39. The van der Waals surface area contributed by atoms with Crippen LogP contribution in [-0.4, -0.2) is 40.1 Å². The molecule has 22 heavy (non-hydrogen) atoms. The molecular formula is C17H19N3OS. The highest BCUT2D eigenvalue weighted by Gasteiger charge is 2.52. The van der Waals surface area contributed by atoms with E-state index in [1.807, 2.05) is 13.1 Å². The Morgan fingerprint density at radius 1 is 1.36 bits per heavy atom. The highest BCUT2D eigenvalue weighted by Crippen LogP contribution is 2.46. The number of pyridine rings is 1. The first-order valence-electron chi connectivity index (χ1n) is 8.05. The molecule has 3 fully saturated rings. The largest absolute Gasteiger partial charge is 0.469 e. The van der Waals surface area contributed by atoms with E-state index in [4.69, 9.17) is 4.74 Å². The molecule has 2 bridgehead atoms. The Kier molecular flexibility index (Phi) is 2.68. The number of aromatic nitrogens is 2. The second kappa shape index (κ2) is 4.52. The van der Waals surface area contributed by atoms with Gasteiger partial charge >= 0.3 is 0 Å². The van der Waals surface area contributed by atoms with E-state index in [9.17, 15) is 0 Å². The SMILES string of the molecule is Cc1nc(-c2cnc3c(c2)C[C@@]2(CN4CCC2CC4)O3)cs1. The minimum Gasteiger partial charge on any atom is -0.469 e. The monoisotopic (exact) mass is 313 g/mol. The molecule has 6 rings (SSSR count). The fourth-order valence-electron chi connectivity index (χ4n) is 4.34. The van der Waals surface area contributed by atoms with Crippen LogP contribution in [0.25, 0.3) is 11.3 Å². The van der Waals surface area contributed by atoms with Gasteiger partial charge in [0, 0.05) is 41.6 Å². The predicted molar refractivity (Wildman–Crippen MR) is 86.3 cm³/mol. The van der Waals surface area contributed by atoms with Crippen LogP contribution in [0, 0.1) is 12.8 Å². The third-order valence-corrected chi connectivity index (χ3v) is 6.23. The molecule has 4 aliphatic rings. The number of piperidine rings is 3. The Morgan fingerprint density at radius 3 is 2.91 bits per heavy atom. The smallest absolute Gasteiger partial charge is 0.217 e. The first-order chi connectivity index (χ1) is 10.7. The Balaban J connectivity index is 1.49. The summed E-state index contributed by atoms with van der Waals surface area (Å²) in [6, 6.07) is 2.24. The molecule has 5 heteroatoms. The van der Waals surface area contributed by atoms with Crippen LogP contribution >= 0.6 is 11.3 Å². The molecule has 114 valence electrons. The summed E-state index contributed by atoms with van der Waals surface area (Å²) in [6.45, 7) is 5.59. The zero-order valence-electron chi connectivity index (χ0n) is 12.7. The number of ether oxygens (including phenoxy) is 1. The summed E-state index contributed by atoms with van der Waals surface area (Å²) < 4.78 is 6.39. The van der Waals surface area contributed by atoms with Crippen molar-refractivity contribution in [2.75, 3.05) is 19.6 Å². The molecule has 0 amide bonds. The second-order valence-electron chi connectivity index (χ2n) is 6.83. The zero-order valence-corrected chi connectivity index (χ0v) is 13.5. The predicted octanol–water partition coefficient (Wildman–Crippen LogP) is 2.91. The summed E-state index contributed by atoms with van der Waals surface area (Å²) in [5.41, 5.74) is 3.40. The molecule has 0 saturated carbocycles. The third-order valence-electron chi connectivity index (χ3n) is 5.45. The van der Waals surface area contributed by atoms with Crippen molar-refractivity contribution >= 4 is 11.3 Å². The Bertz CT molecular complexity index is 735. The van der Waals surface area contributed by atoms with Gasteiger partial charge in [-0.15, -0.1) is 11.3 Å². The maximum atomic E-state index is 6.39. The number of nitrogens with zero attached hydrogens (tertiary/aromatic N) is 3. The van der Waals surface area contributed by atoms with Gasteiger partial charge in [-0.2, -0.15) is 0 Å². The minimum atomic E-state index is -0.0115. The fourth-order valence-corrected chi connectivity index (χ4v) is 4.97. The molecule has 0 N–H and O–H groups in total. The first kappa shape index (κ1) is 13.0. The van der Waals surface area contributed by atoms with Gasteiger partial charge < -0.3 is 4.74 Å². The molecule has 0 unspecified atom stereocenters. The summed E-state index contributed by atoms with van der Waals surface area (Å²) in [5, 5.41) is 3.21. The summed E-state index contributed by atoms with van der Waals surface area (Å²) in [5.74, 6) is 1.54. The number of fused-ring (bicyclic) bond motifs is 3. The topological polar surface area (TPSA) is 38.2 Å². The van der Waals surface area contributed by atoms with Gasteiger partial charge in [0.25, 0.3) is 0 Å². The van der Waals surface area contributed by atoms with Crippen LogP contribution in [0.5, 0.6) is 5.88 Å². The van der Waals surface area contributed by atoms with Crippen LogP contribution in [-0.2, 0) is 6.42 Å². The standard InChI is InChI=1S/C17H19N3OS/c1-11-19-15(9-22-11)13-6-12-7-17(21-16(12)18-8-13)10-20-4-2-14(17)3-5-20/h6,8-9,14H,2-5,7,10H2,1H3/t17-/m0/s1. The van der Waals surface area contributed by atoms with Crippen LogP contribution < -0.4 is 4.74 Å². The summed E-state index contributed by atoms with van der Waals surface area (Å²) in [7, 11) is 0. The van der Waals surface area contributed by atoms with Gasteiger partial charge in [-0.05, 0) is 38.9 Å². The number of thiazole rings is 1. The molecule has 3 saturated heterocycles. The maximum Gasteiger partial charge on any atom is 0.217 e. The highest BCUT2D eigenvalue weighted by atomic mass is 32.1. The van der Waals surface area contributed by atoms with E-state index in [1.54, 1.807) is 11.3 Å². The lowest BCUT2D eigenvalue weighted by Gasteiger charge is -2.50. The zero-order chi connectivity index (χ0) is 14.7. The van der Waals surface area contributed by atoms with E-state index in [0.29, 0.717) is 5.92 Å². The van der Waals surface area contributed by atoms with Gasteiger partial charge in [0.1, 0.15) is 5.60 Å². The van der Waals surface area contributed by atoms with Gasteiger partial charge in [-0.3, -0.25) is 4.90 Å². The average molecular weight is 313 g/mol. The first-order valence-corrected chi connectivity index (χ1v) is 8.93. The van der Waals surface area contributed by atoms with Crippen molar-refractivity contribution in [2.45, 2.75) is 31.8 Å². The van der Waals surface area contributed by atoms with E-state index in [2.05, 4.69) is 26.3 Å². The lowest BCUT2D eigenvalue weighted by Crippen LogP contribution is -2.61. The molecule has 0 radical (unpaired) electrons. The van der Waals surface area contributed by atoms with Crippen molar-refractivity contribution in [1.82, 2.24) is 14.9 Å². The Hall–Kier alpha value is -1.46. The molecule has 1 atom stereocenters. The van der Waals surface area contributed by atoms with Gasteiger partial charge in [-0.1, -0.05) is 0 Å². The normalized spacial score (nSPS) is 32.2. The molecule has 4 nitrogen and oxygen atoms in total. The molecule has 2 aromatic rings. The number of hydrogen-bond donors (Lipinski definition) is 0. The van der Waals surface area contributed by atoms with Crippen molar-refractivity contribution in [3.8, 4) is 17.1 Å². The van der Waals surface area contributed by atoms with Crippen LogP contribution in [0.3, 0.4) is 0 Å². The van der Waals surface area contributed by atoms with Gasteiger partial charge in [0.2, 0.25) is 5.88 Å². The average Bonchev–Trinajstić information content (AvgIpc) is 3.11. The van der Waals surface area contributed by atoms with Crippen LogP contribution in [0.1, 0.15) is 23.4 Å². The van der Waals surface area contributed by atoms with E-state index in [-0.39, 0.29) is 5.60 Å². The Labute approximate surface area is 134 Å². The number of rotatable bonds is 1. The third kappa shape index (κ3) is 1.85. The van der Waals surface area contributed by atoms with Crippen molar-refractivity contribution < 1.29 is 4.74 Å². The van der Waals surface area contributed by atoms with Crippen molar-refractivity contribution in [2.24, 2.45) is 5.92 Å². The van der Waals surface area contributed by atoms with Gasteiger partial charge in [0.15, 0.2) is 0 Å². The quantitative estimate of drug-likeness (QED) is 0.811. The summed E-state index contributed by atoms with van der Waals surface area (Å²) in [4.78, 5) is 11.7. The molecular weight excluding hydrogens is 294 g/mol. The van der Waals surface area contributed by atoms with Crippen molar-refractivity contribution in [3.05, 3.63) is 28.2 Å². The van der Waals surface area contributed by atoms with Crippen LogP contribution in [0.15, 0.2) is 17.6 Å². The molecule has 0 aliphatic carbocycles. The summed E-state index contributed by atoms with van der Waals surface area (Å²) in [6.07, 6.45) is 5.46. The molecule has 1 spiro atoms.